The topological polar surface area (TPSA) is 107 Å². The monoisotopic (exact) mass is 337 g/mol. The fourth-order valence-electron chi connectivity index (χ4n) is 1.71. The van der Waals surface area contributed by atoms with Gasteiger partial charge in [0.1, 0.15) is 17.0 Å². The van der Waals surface area contributed by atoms with Crippen LogP contribution in [0.5, 0.6) is 0 Å². The second kappa shape index (κ2) is 7.37. The number of alkyl carbamates (subject to hydrolysis) is 2. The van der Waals surface area contributed by atoms with Gasteiger partial charge >= 0.3 is 12.2 Å². The summed E-state index contributed by atoms with van der Waals surface area (Å²) in [6.45, 7) is 9.79. The van der Waals surface area contributed by atoms with E-state index in [0.717, 1.165) is 0 Å². The standard InChI is InChI=1S/C16H23N3O5/c1-10(20)11-8-17-12(18-9-11)7-16(5,6)24-14(22)19-13(21)23-15(2,3)4/h8-9H,7H2,1-6H3,(H,19,21,22). The van der Waals surface area contributed by atoms with Crippen LogP contribution in [0, 0.1) is 0 Å². The van der Waals surface area contributed by atoms with E-state index in [4.69, 9.17) is 9.47 Å². The molecular weight excluding hydrogens is 314 g/mol. The van der Waals surface area contributed by atoms with Crippen LogP contribution in [0.15, 0.2) is 12.4 Å². The Balaban J connectivity index is 2.60. The summed E-state index contributed by atoms with van der Waals surface area (Å²) in [6.07, 6.45) is 1.25. The van der Waals surface area contributed by atoms with Crippen molar-refractivity contribution in [2.75, 3.05) is 0 Å². The number of hydrogen-bond acceptors (Lipinski definition) is 7. The molecule has 132 valence electrons. The molecule has 0 radical (unpaired) electrons. The molecule has 1 rings (SSSR count). The minimum Gasteiger partial charge on any atom is -0.443 e. The largest absolute Gasteiger partial charge is 0.443 e. The quantitative estimate of drug-likeness (QED) is 0.841. The molecule has 1 aromatic heterocycles. The van der Waals surface area contributed by atoms with Crippen molar-refractivity contribution >= 4 is 18.0 Å². The number of carbonyl (C=O) groups excluding carboxylic acids is 3. The highest BCUT2D eigenvalue weighted by Crippen LogP contribution is 2.15. The third-order valence-electron chi connectivity index (χ3n) is 2.67. The summed E-state index contributed by atoms with van der Waals surface area (Å²) in [7, 11) is 0. The summed E-state index contributed by atoms with van der Waals surface area (Å²) in [5, 5.41) is 1.99. The molecule has 0 atom stereocenters. The zero-order valence-corrected chi connectivity index (χ0v) is 14.8. The van der Waals surface area contributed by atoms with Crippen LogP contribution in [0.25, 0.3) is 0 Å². The van der Waals surface area contributed by atoms with Crippen molar-refractivity contribution in [1.82, 2.24) is 15.3 Å². The highest BCUT2D eigenvalue weighted by atomic mass is 16.6. The molecule has 8 heteroatoms. The van der Waals surface area contributed by atoms with Crippen LogP contribution >= 0.6 is 0 Å². The Morgan fingerprint density at radius 2 is 1.50 bits per heavy atom. The van der Waals surface area contributed by atoms with E-state index in [0.29, 0.717) is 11.4 Å². The van der Waals surface area contributed by atoms with Gasteiger partial charge in [0.15, 0.2) is 5.78 Å². The van der Waals surface area contributed by atoms with Gasteiger partial charge in [0.2, 0.25) is 0 Å². The van der Waals surface area contributed by atoms with Gasteiger partial charge < -0.3 is 9.47 Å². The van der Waals surface area contributed by atoms with E-state index in [1.807, 2.05) is 5.32 Å². The lowest BCUT2D eigenvalue weighted by Gasteiger charge is -2.25. The minimum atomic E-state index is -0.955. The molecule has 2 amide bonds. The van der Waals surface area contributed by atoms with Crippen molar-refractivity contribution in [3.05, 3.63) is 23.8 Å². The smallest absolute Gasteiger partial charge is 0.417 e. The van der Waals surface area contributed by atoms with E-state index in [2.05, 4.69) is 9.97 Å². The maximum absolute atomic E-state index is 11.8. The number of carbonyl (C=O) groups is 3. The van der Waals surface area contributed by atoms with Gasteiger partial charge in [0.05, 0.1) is 5.56 Å². The van der Waals surface area contributed by atoms with Crippen molar-refractivity contribution < 1.29 is 23.9 Å². The number of imide groups is 1. The van der Waals surface area contributed by atoms with Gasteiger partial charge in [-0.1, -0.05) is 0 Å². The summed E-state index contributed by atoms with van der Waals surface area (Å²) in [6, 6.07) is 0. The van der Waals surface area contributed by atoms with Crippen LogP contribution in [0.1, 0.15) is 57.7 Å². The third kappa shape index (κ3) is 7.17. The Morgan fingerprint density at radius 1 is 1.00 bits per heavy atom. The molecule has 0 aliphatic rings. The summed E-state index contributed by atoms with van der Waals surface area (Å²) >= 11 is 0. The fourth-order valence-corrected chi connectivity index (χ4v) is 1.71. The van der Waals surface area contributed by atoms with Crippen LogP contribution in [0.3, 0.4) is 0 Å². The number of rotatable bonds is 4. The molecular formula is C16H23N3O5. The molecule has 0 fully saturated rings. The molecule has 1 aromatic rings. The molecule has 0 bridgehead atoms. The van der Waals surface area contributed by atoms with Crippen LogP contribution in [-0.4, -0.2) is 39.1 Å². The first-order valence-electron chi connectivity index (χ1n) is 7.43. The Hall–Kier alpha value is -2.51. The predicted octanol–water partition coefficient (Wildman–Crippen LogP) is 2.66. The highest BCUT2D eigenvalue weighted by Gasteiger charge is 2.27. The molecule has 0 unspecified atom stereocenters. The number of nitrogens with one attached hydrogen (secondary N) is 1. The molecule has 0 aromatic carbocycles. The molecule has 24 heavy (non-hydrogen) atoms. The van der Waals surface area contributed by atoms with E-state index >= 15 is 0 Å². The van der Waals surface area contributed by atoms with Gasteiger partial charge in [-0.25, -0.2) is 24.9 Å². The normalized spacial score (nSPS) is 11.6. The Kier molecular flexibility index (Phi) is 6.00. The lowest BCUT2D eigenvalue weighted by molar-refractivity contribution is 0.0272. The van der Waals surface area contributed by atoms with E-state index in [9.17, 15) is 14.4 Å². The van der Waals surface area contributed by atoms with Crippen LogP contribution in [0.2, 0.25) is 0 Å². The van der Waals surface area contributed by atoms with Gasteiger partial charge in [0, 0.05) is 18.8 Å². The van der Waals surface area contributed by atoms with Crippen molar-refractivity contribution in [2.45, 2.75) is 59.2 Å². The molecule has 0 saturated carbocycles. The number of ether oxygens (including phenoxy) is 2. The first kappa shape index (κ1) is 19.5. The Labute approximate surface area is 141 Å². The lowest BCUT2D eigenvalue weighted by atomic mass is 10.0. The van der Waals surface area contributed by atoms with E-state index in [1.165, 1.54) is 19.3 Å². The van der Waals surface area contributed by atoms with Crippen molar-refractivity contribution in [2.24, 2.45) is 0 Å². The molecule has 0 saturated heterocycles. The summed E-state index contributed by atoms with van der Waals surface area (Å²) in [4.78, 5) is 42.6. The SMILES string of the molecule is CC(=O)c1cnc(CC(C)(C)OC(=O)NC(=O)OC(C)(C)C)nc1. The second-order valence-electron chi connectivity index (χ2n) is 6.90. The highest BCUT2D eigenvalue weighted by molar-refractivity contribution is 5.93. The van der Waals surface area contributed by atoms with Gasteiger partial charge in [-0.3, -0.25) is 4.79 Å². The predicted molar refractivity (Wildman–Crippen MR) is 85.7 cm³/mol. The summed E-state index contributed by atoms with van der Waals surface area (Å²) < 4.78 is 10.2. The zero-order chi connectivity index (χ0) is 18.5. The summed E-state index contributed by atoms with van der Waals surface area (Å²) in [5.74, 6) is 0.281. The third-order valence-corrected chi connectivity index (χ3v) is 2.67. The van der Waals surface area contributed by atoms with E-state index < -0.39 is 23.4 Å². The second-order valence-corrected chi connectivity index (χ2v) is 6.90. The van der Waals surface area contributed by atoms with Crippen molar-refractivity contribution in [3.63, 3.8) is 0 Å². The Bertz CT molecular complexity index is 618. The average molecular weight is 337 g/mol. The number of ketones is 1. The maximum Gasteiger partial charge on any atom is 0.417 e. The molecule has 1 heterocycles. The molecule has 8 nitrogen and oxygen atoms in total. The molecule has 0 aliphatic carbocycles. The van der Waals surface area contributed by atoms with Gasteiger partial charge in [-0.2, -0.15) is 0 Å². The fraction of sp³-hybridized carbons (Fsp3) is 0.562. The van der Waals surface area contributed by atoms with E-state index in [-0.39, 0.29) is 12.2 Å². The zero-order valence-electron chi connectivity index (χ0n) is 14.8. The van der Waals surface area contributed by atoms with Gasteiger partial charge in [0.25, 0.3) is 0 Å². The van der Waals surface area contributed by atoms with Crippen molar-refractivity contribution in [3.8, 4) is 0 Å². The number of Topliss-reactive ketones (excluding diaryl/α,β-unsaturated/α-hetero) is 1. The number of nitrogens with zero attached hydrogens (tertiary/aromatic N) is 2. The number of aromatic nitrogens is 2. The first-order valence-corrected chi connectivity index (χ1v) is 7.43. The first-order chi connectivity index (χ1) is 10.9. The van der Waals surface area contributed by atoms with Crippen LogP contribution in [-0.2, 0) is 15.9 Å². The van der Waals surface area contributed by atoms with Gasteiger partial charge in [-0.15, -0.1) is 0 Å². The number of amides is 2. The molecule has 0 spiro atoms. The van der Waals surface area contributed by atoms with Crippen LogP contribution in [0.4, 0.5) is 9.59 Å². The minimum absolute atomic E-state index is 0.131. The number of hydrogen-bond donors (Lipinski definition) is 1. The van der Waals surface area contributed by atoms with Crippen LogP contribution < -0.4 is 5.32 Å². The average Bonchev–Trinajstić information content (AvgIpc) is 2.34. The summed E-state index contributed by atoms with van der Waals surface area (Å²) in [5.41, 5.74) is -1.27. The van der Waals surface area contributed by atoms with Crippen molar-refractivity contribution in [1.29, 1.82) is 0 Å². The van der Waals surface area contributed by atoms with E-state index in [1.54, 1.807) is 34.6 Å². The Morgan fingerprint density at radius 3 is 1.96 bits per heavy atom. The molecule has 1 N–H and O–H groups in total. The molecule has 0 aliphatic heterocycles. The maximum atomic E-state index is 11.8. The lowest BCUT2D eigenvalue weighted by Crippen LogP contribution is -2.41. The van der Waals surface area contributed by atoms with Gasteiger partial charge in [-0.05, 0) is 41.5 Å².